The molecule has 0 saturated heterocycles. The standard InChI is InChI=1S/C29H35NO/c1-5-8-9-25(7-3)22-31-29-20-18-28(19-21-29)30(26-14-10-23(4)11-15-26)27-16-12-24(6-2)13-17-27/h6,10-21,25H,2,5,7-9,22H2,1,3-4H3. The van der Waals surface area contributed by atoms with Crippen LogP contribution in [0.25, 0.3) is 6.08 Å². The van der Waals surface area contributed by atoms with Crippen LogP contribution in [0.5, 0.6) is 5.75 Å². The van der Waals surface area contributed by atoms with Gasteiger partial charge >= 0.3 is 0 Å². The Morgan fingerprint density at radius 2 is 1.39 bits per heavy atom. The molecule has 2 nitrogen and oxygen atoms in total. The van der Waals surface area contributed by atoms with Crippen LogP contribution in [0.4, 0.5) is 17.1 Å². The van der Waals surface area contributed by atoms with Gasteiger partial charge in [0.25, 0.3) is 0 Å². The topological polar surface area (TPSA) is 12.5 Å². The Labute approximate surface area is 188 Å². The Morgan fingerprint density at radius 3 is 1.90 bits per heavy atom. The highest BCUT2D eigenvalue weighted by Gasteiger charge is 2.13. The molecule has 31 heavy (non-hydrogen) atoms. The molecule has 162 valence electrons. The minimum absolute atomic E-state index is 0.632. The number of hydrogen-bond donors (Lipinski definition) is 0. The first-order valence-corrected chi connectivity index (χ1v) is 11.5. The SMILES string of the molecule is C=Cc1ccc(N(c2ccc(C)cc2)c2ccc(OCC(CC)CCCC)cc2)cc1. The zero-order valence-corrected chi connectivity index (χ0v) is 19.2. The normalized spacial score (nSPS) is 11.7. The fourth-order valence-electron chi connectivity index (χ4n) is 3.70. The number of benzene rings is 3. The van der Waals surface area contributed by atoms with Crippen molar-refractivity contribution in [3.63, 3.8) is 0 Å². The van der Waals surface area contributed by atoms with Gasteiger partial charge in [-0.15, -0.1) is 0 Å². The van der Waals surface area contributed by atoms with Gasteiger partial charge in [-0.1, -0.05) is 75.6 Å². The highest BCUT2D eigenvalue weighted by atomic mass is 16.5. The third-order valence-corrected chi connectivity index (χ3v) is 5.80. The number of aryl methyl sites for hydroxylation is 1. The molecule has 0 aliphatic rings. The quantitative estimate of drug-likeness (QED) is 0.312. The van der Waals surface area contributed by atoms with Gasteiger partial charge in [0.1, 0.15) is 5.75 Å². The van der Waals surface area contributed by atoms with Crippen molar-refractivity contribution in [2.24, 2.45) is 5.92 Å². The average Bonchev–Trinajstić information content (AvgIpc) is 2.82. The third kappa shape index (κ3) is 6.24. The Morgan fingerprint density at radius 1 is 0.839 bits per heavy atom. The van der Waals surface area contributed by atoms with Gasteiger partial charge in [-0.2, -0.15) is 0 Å². The molecule has 0 bridgehead atoms. The maximum absolute atomic E-state index is 6.12. The predicted octanol–water partition coefficient (Wildman–Crippen LogP) is 8.70. The smallest absolute Gasteiger partial charge is 0.119 e. The molecular weight excluding hydrogens is 378 g/mol. The molecule has 0 aliphatic carbocycles. The summed E-state index contributed by atoms with van der Waals surface area (Å²) in [5.41, 5.74) is 5.73. The Kier molecular flexibility index (Phi) is 8.35. The summed E-state index contributed by atoms with van der Waals surface area (Å²) in [6.45, 7) is 11.3. The zero-order chi connectivity index (χ0) is 22.1. The molecule has 0 radical (unpaired) electrons. The van der Waals surface area contributed by atoms with Gasteiger partial charge in [-0.05, 0) is 73.4 Å². The predicted molar refractivity (Wildman–Crippen MR) is 135 cm³/mol. The van der Waals surface area contributed by atoms with Crippen LogP contribution in [0.1, 0.15) is 50.7 Å². The van der Waals surface area contributed by atoms with Crippen molar-refractivity contribution in [2.45, 2.75) is 46.5 Å². The van der Waals surface area contributed by atoms with Crippen LogP contribution in [-0.2, 0) is 0 Å². The van der Waals surface area contributed by atoms with Crippen molar-refractivity contribution in [3.05, 3.63) is 90.5 Å². The molecule has 0 N–H and O–H groups in total. The van der Waals surface area contributed by atoms with E-state index in [9.17, 15) is 0 Å². The molecule has 3 aromatic rings. The fourth-order valence-corrected chi connectivity index (χ4v) is 3.70. The molecule has 0 spiro atoms. The van der Waals surface area contributed by atoms with Crippen LogP contribution < -0.4 is 9.64 Å². The van der Waals surface area contributed by atoms with Gasteiger partial charge in [0.15, 0.2) is 0 Å². The number of anilines is 3. The highest BCUT2D eigenvalue weighted by Crippen LogP contribution is 2.35. The van der Waals surface area contributed by atoms with E-state index in [-0.39, 0.29) is 0 Å². The van der Waals surface area contributed by atoms with Crippen LogP contribution in [0.2, 0.25) is 0 Å². The number of ether oxygens (including phenoxy) is 1. The zero-order valence-electron chi connectivity index (χ0n) is 19.2. The number of hydrogen-bond acceptors (Lipinski definition) is 2. The minimum Gasteiger partial charge on any atom is -0.493 e. The van der Waals surface area contributed by atoms with Gasteiger partial charge in [0.2, 0.25) is 0 Å². The molecule has 0 fully saturated rings. The molecule has 0 aromatic heterocycles. The van der Waals surface area contributed by atoms with Gasteiger partial charge in [-0.25, -0.2) is 0 Å². The molecule has 0 aliphatic heterocycles. The lowest BCUT2D eigenvalue weighted by Crippen LogP contribution is -2.12. The molecule has 3 aromatic carbocycles. The summed E-state index contributed by atoms with van der Waals surface area (Å²) in [5.74, 6) is 1.57. The summed E-state index contributed by atoms with van der Waals surface area (Å²) in [6, 6.07) is 25.6. The second kappa shape index (κ2) is 11.4. The lowest BCUT2D eigenvalue weighted by molar-refractivity contribution is 0.233. The van der Waals surface area contributed by atoms with Crippen molar-refractivity contribution in [3.8, 4) is 5.75 Å². The molecule has 2 heteroatoms. The van der Waals surface area contributed by atoms with Crippen LogP contribution in [0.3, 0.4) is 0 Å². The first-order chi connectivity index (χ1) is 15.1. The van der Waals surface area contributed by atoms with E-state index in [2.05, 4.69) is 105 Å². The lowest BCUT2D eigenvalue weighted by Gasteiger charge is -2.26. The molecule has 0 saturated carbocycles. The molecule has 1 unspecified atom stereocenters. The van der Waals surface area contributed by atoms with E-state index in [1.54, 1.807) is 0 Å². The molecule has 1 atom stereocenters. The van der Waals surface area contributed by atoms with E-state index in [0.29, 0.717) is 5.92 Å². The Bertz CT molecular complexity index is 926. The summed E-state index contributed by atoms with van der Waals surface area (Å²) in [7, 11) is 0. The monoisotopic (exact) mass is 413 g/mol. The number of unbranched alkanes of at least 4 members (excludes halogenated alkanes) is 1. The summed E-state index contributed by atoms with van der Waals surface area (Å²) < 4.78 is 6.12. The van der Waals surface area contributed by atoms with Crippen LogP contribution >= 0.6 is 0 Å². The second-order valence-electron chi connectivity index (χ2n) is 8.19. The molecule has 0 heterocycles. The Balaban J connectivity index is 1.82. The highest BCUT2D eigenvalue weighted by molar-refractivity contribution is 5.77. The number of rotatable bonds is 11. The van der Waals surface area contributed by atoms with Crippen LogP contribution in [0.15, 0.2) is 79.4 Å². The van der Waals surface area contributed by atoms with Crippen molar-refractivity contribution in [2.75, 3.05) is 11.5 Å². The van der Waals surface area contributed by atoms with E-state index in [1.807, 2.05) is 6.08 Å². The molecule has 3 rings (SSSR count). The first-order valence-electron chi connectivity index (χ1n) is 11.5. The van der Waals surface area contributed by atoms with Gasteiger partial charge in [0.05, 0.1) is 6.61 Å². The lowest BCUT2D eigenvalue weighted by atomic mass is 10.0. The average molecular weight is 414 g/mol. The maximum Gasteiger partial charge on any atom is 0.119 e. The van der Waals surface area contributed by atoms with Crippen LogP contribution in [-0.4, -0.2) is 6.61 Å². The summed E-state index contributed by atoms with van der Waals surface area (Å²) >= 11 is 0. The number of nitrogens with zero attached hydrogens (tertiary/aromatic N) is 1. The van der Waals surface area contributed by atoms with E-state index in [4.69, 9.17) is 4.74 Å². The van der Waals surface area contributed by atoms with Crippen molar-refractivity contribution in [1.29, 1.82) is 0 Å². The third-order valence-electron chi connectivity index (χ3n) is 5.80. The van der Waals surface area contributed by atoms with E-state index in [0.717, 1.165) is 35.0 Å². The van der Waals surface area contributed by atoms with Crippen LogP contribution in [0, 0.1) is 12.8 Å². The van der Waals surface area contributed by atoms with E-state index in [1.165, 1.54) is 31.2 Å². The van der Waals surface area contributed by atoms with Crippen molar-refractivity contribution >= 4 is 23.1 Å². The van der Waals surface area contributed by atoms with Gasteiger partial charge in [-0.3, -0.25) is 0 Å². The van der Waals surface area contributed by atoms with Crippen molar-refractivity contribution < 1.29 is 4.74 Å². The largest absolute Gasteiger partial charge is 0.493 e. The second-order valence-corrected chi connectivity index (χ2v) is 8.19. The fraction of sp³-hybridized carbons (Fsp3) is 0.310. The molecular formula is C29H35NO. The van der Waals surface area contributed by atoms with E-state index >= 15 is 0 Å². The first kappa shape index (κ1) is 22.7. The maximum atomic E-state index is 6.12. The minimum atomic E-state index is 0.632. The van der Waals surface area contributed by atoms with Gasteiger partial charge in [0, 0.05) is 17.1 Å². The van der Waals surface area contributed by atoms with E-state index < -0.39 is 0 Å². The molecule has 0 amide bonds. The van der Waals surface area contributed by atoms with Crippen molar-refractivity contribution in [1.82, 2.24) is 0 Å². The Hall–Kier alpha value is -3.00. The summed E-state index contributed by atoms with van der Waals surface area (Å²) in [4.78, 5) is 2.27. The summed E-state index contributed by atoms with van der Waals surface area (Å²) in [6.07, 6.45) is 6.80. The van der Waals surface area contributed by atoms with Gasteiger partial charge < -0.3 is 9.64 Å². The summed E-state index contributed by atoms with van der Waals surface area (Å²) in [5, 5.41) is 0.